The molecule has 0 spiro atoms. The van der Waals surface area contributed by atoms with E-state index in [4.69, 9.17) is 0 Å². The third kappa shape index (κ3) is 1.31. The lowest BCUT2D eigenvalue weighted by molar-refractivity contribution is -0.114. The van der Waals surface area contributed by atoms with Crippen molar-refractivity contribution in [1.29, 1.82) is 0 Å². The second-order valence-electron chi connectivity index (χ2n) is 2.78. The number of nitrogens with one attached hydrogen (secondary N) is 1. The molecule has 0 aliphatic carbocycles. The summed E-state index contributed by atoms with van der Waals surface area (Å²) in [4.78, 5) is 10.7. The summed E-state index contributed by atoms with van der Waals surface area (Å²) in [6.45, 7) is 0. The van der Waals surface area contributed by atoms with Gasteiger partial charge in [-0.15, -0.1) is 0 Å². The molecule has 74 valence electrons. The van der Waals surface area contributed by atoms with Crippen molar-refractivity contribution in [2.75, 3.05) is 11.1 Å². The van der Waals surface area contributed by atoms with Crippen molar-refractivity contribution in [2.24, 2.45) is 0 Å². The zero-order valence-corrected chi connectivity index (χ0v) is 7.66. The number of amides is 1. The number of hydrogen-bond acceptors (Lipinski definition) is 2. The Hall–Kier alpha value is -1.30. The largest absolute Gasteiger partial charge is 0.324 e. The van der Waals surface area contributed by atoms with Crippen molar-refractivity contribution in [3.05, 3.63) is 23.8 Å². The van der Waals surface area contributed by atoms with Gasteiger partial charge in [-0.2, -0.15) is 0 Å². The molecule has 14 heavy (non-hydrogen) atoms. The Kier molecular flexibility index (Phi) is 2.07. The summed E-state index contributed by atoms with van der Waals surface area (Å²) < 4.78 is 37.2. The third-order valence-electron chi connectivity index (χ3n) is 1.81. The standard InChI is InChI=1S/C8H5F2NO2S/c9-4-1-2-5-8(7(4)10)14(13)3-6(12)11-5/h1-2H,3H2,(H,11,12). The first-order valence-corrected chi connectivity index (χ1v) is 5.07. The van der Waals surface area contributed by atoms with Crippen LogP contribution in [0.1, 0.15) is 0 Å². The molecule has 1 heterocycles. The van der Waals surface area contributed by atoms with Gasteiger partial charge in [0.05, 0.1) is 16.5 Å². The van der Waals surface area contributed by atoms with E-state index in [1.165, 1.54) is 6.07 Å². The number of halogens is 2. The van der Waals surface area contributed by atoms with Gasteiger partial charge in [-0.25, -0.2) is 8.78 Å². The predicted octanol–water partition coefficient (Wildman–Crippen LogP) is 1.02. The molecule has 0 fully saturated rings. The Bertz CT molecular complexity index is 447. The molecule has 1 amide bonds. The van der Waals surface area contributed by atoms with Crippen LogP contribution in [0.5, 0.6) is 0 Å². The van der Waals surface area contributed by atoms with Gasteiger partial charge in [0.15, 0.2) is 11.6 Å². The molecule has 1 aliphatic heterocycles. The van der Waals surface area contributed by atoms with Crippen molar-refractivity contribution < 1.29 is 17.8 Å². The molecule has 0 aromatic heterocycles. The molecule has 2 rings (SSSR count). The fourth-order valence-corrected chi connectivity index (χ4v) is 2.35. The maximum absolute atomic E-state index is 13.1. The van der Waals surface area contributed by atoms with Crippen molar-refractivity contribution in [1.82, 2.24) is 0 Å². The Labute approximate surface area is 80.6 Å². The van der Waals surface area contributed by atoms with E-state index in [0.717, 1.165) is 6.07 Å². The highest BCUT2D eigenvalue weighted by atomic mass is 32.2. The van der Waals surface area contributed by atoms with Gasteiger partial charge in [-0.3, -0.25) is 9.00 Å². The summed E-state index contributed by atoms with van der Waals surface area (Å²) >= 11 is 0. The zero-order chi connectivity index (χ0) is 10.3. The van der Waals surface area contributed by atoms with Crippen LogP contribution in [0.4, 0.5) is 14.5 Å². The molecule has 6 heteroatoms. The first kappa shape index (κ1) is 9.26. The fraction of sp³-hybridized carbons (Fsp3) is 0.125. The highest BCUT2D eigenvalue weighted by molar-refractivity contribution is 7.86. The van der Waals surface area contributed by atoms with Gasteiger partial charge >= 0.3 is 0 Å². The summed E-state index contributed by atoms with van der Waals surface area (Å²) in [5.74, 6) is -3.00. The molecule has 1 N–H and O–H groups in total. The fourth-order valence-electron chi connectivity index (χ4n) is 1.23. The van der Waals surface area contributed by atoms with E-state index in [2.05, 4.69) is 5.32 Å². The molecule has 1 unspecified atom stereocenters. The predicted molar refractivity (Wildman–Crippen MR) is 46.3 cm³/mol. The monoisotopic (exact) mass is 217 g/mol. The lowest BCUT2D eigenvalue weighted by Gasteiger charge is -2.16. The number of carbonyl (C=O) groups is 1. The van der Waals surface area contributed by atoms with Crippen LogP contribution in [0.3, 0.4) is 0 Å². The summed E-state index contributed by atoms with van der Waals surface area (Å²) in [6.07, 6.45) is 0. The minimum absolute atomic E-state index is 0.0819. The molecular formula is C8H5F2NO2S. The van der Waals surface area contributed by atoms with Crippen LogP contribution in [-0.2, 0) is 15.6 Å². The molecular weight excluding hydrogens is 212 g/mol. The maximum Gasteiger partial charge on any atom is 0.237 e. The summed E-state index contributed by atoms with van der Waals surface area (Å²) in [5.41, 5.74) is 0.0819. The quantitative estimate of drug-likeness (QED) is 0.705. The minimum Gasteiger partial charge on any atom is -0.324 e. The average Bonchev–Trinajstić information content (AvgIpc) is 2.10. The van der Waals surface area contributed by atoms with E-state index < -0.39 is 28.3 Å². The van der Waals surface area contributed by atoms with Gasteiger partial charge in [-0.1, -0.05) is 0 Å². The van der Waals surface area contributed by atoms with Crippen molar-refractivity contribution >= 4 is 22.4 Å². The highest BCUT2D eigenvalue weighted by Crippen LogP contribution is 2.28. The zero-order valence-electron chi connectivity index (χ0n) is 6.84. The Morgan fingerprint density at radius 1 is 1.36 bits per heavy atom. The Morgan fingerprint density at radius 2 is 2.07 bits per heavy atom. The van der Waals surface area contributed by atoms with E-state index in [0.29, 0.717) is 0 Å². The van der Waals surface area contributed by atoms with E-state index in [1.54, 1.807) is 0 Å². The topological polar surface area (TPSA) is 46.2 Å². The van der Waals surface area contributed by atoms with Crippen LogP contribution in [0.2, 0.25) is 0 Å². The summed E-state index contributed by atoms with van der Waals surface area (Å²) in [7, 11) is -1.79. The van der Waals surface area contributed by atoms with Crippen LogP contribution in [-0.4, -0.2) is 15.9 Å². The molecule has 3 nitrogen and oxygen atoms in total. The second kappa shape index (κ2) is 3.13. The van der Waals surface area contributed by atoms with Crippen LogP contribution in [0.25, 0.3) is 0 Å². The van der Waals surface area contributed by atoms with Gasteiger partial charge in [-0.05, 0) is 12.1 Å². The van der Waals surface area contributed by atoms with Gasteiger partial charge in [0.2, 0.25) is 5.91 Å². The normalized spacial score (nSPS) is 20.1. The highest BCUT2D eigenvalue weighted by Gasteiger charge is 2.26. The number of fused-ring (bicyclic) bond motifs is 1. The Morgan fingerprint density at radius 3 is 2.79 bits per heavy atom. The van der Waals surface area contributed by atoms with Gasteiger partial charge in [0.25, 0.3) is 0 Å². The lowest BCUT2D eigenvalue weighted by Crippen LogP contribution is -2.26. The number of hydrogen-bond donors (Lipinski definition) is 1. The van der Waals surface area contributed by atoms with Crippen LogP contribution in [0.15, 0.2) is 17.0 Å². The van der Waals surface area contributed by atoms with E-state index in [9.17, 15) is 17.8 Å². The van der Waals surface area contributed by atoms with E-state index in [-0.39, 0.29) is 16.3 Å². The lowest BCUT2D eigenvalue weighted by atomic mass is 10.3. The number of benzene rings is 1. The molecule has 0 saturated carbocycles. The van der Waals surface area contributed by atoms with Gasteiger partial charge in [0, 0.05) is 0 Å². The molecule has 0 bridgehead atoms. The summed E-state index contributed by atoms with van der Waals surface area (Å²) in [6, 6.07) is 2.08. The molecule has 1 aliphatic rings. The van der Waals surface area contributed by atoms with Crippen LogP contribution in [0, 0.1) is 11.6 Å². The molecule has 1 atom stereocenters. The molecule has 1 aromatic rings. The third-order valence-corrected chi connectivity index (χ3v) is 3.19. The number of anilines is 1. The van der Waals surface area contributed by atoms with E-state index >= 15 is 0 Å². The van der Waals surface area contributed by atoms with Gasteiger partial charge < -0.3 is 5.32 Å². The SMILES string of the molecule is O=C1CS(=O)c2c(ccc(F)c2F)N1. The van der Waals surface area contributed by atoms with Gasteiger partial charge in [0.1, 0.15) is 10.6 Å². The van der Waals surface area contributed by atoms with Crippen LogP contribution < -0.4 is 5.32 Å². The van der Waals surface area contributed by atoms with Crippen LogP contribution >= 0.6 is 0 Å². The summed E-state index contributed by atoms with van der Waals surface area (Å²) in [5, 5.41) is 2.32. The minimum atomic E-state index is -1.79. The molecule has 0 saturated heterocycles. The van der Waals surface area contributed by atoms with Crippen molar-refractivity contribution in [3.63, 3.8) is 0 Å². The van der Waals surface area contributed by atoms with Crippen molar-refractivity contribution in [2.45, 2.75) is 4.90 Å². The molecule has 1 aromatic carbocycles. The Balaban J connectivity index is 2.65. The smallest absolute Gasteiger partial charge is 0.237 e. The first-order chi connectivity index (χ1) is 6.59. The second-order valence-corrected chi connectivity index (χ2v) is 4.16. The first-order valence-electron chi connectivity index (χ1n) is 3.76. The number of carbonyl (C=O) groups excluding carboxylic acids is 1. The maximum atomic E-state index is 13.1. The average molecular weight is 217 g/mol. The number of rotatable bonds is 0. The van der Waals surface area contributed by atoms with E-state index in [1.807, 2.05) is 0 Å². The van der Waals surface area contributed by atoms with Crippen molar-refractivity contribution in [3.8, 4) is 0 Å². The molecule has 0 radical (unpaired) electrons.